The highest BCUT2D eigenvalue weighted by Gasteiger charge is 2.18. The number of nitrogens with zero attached hydrogens (tertiary/aromatic N) is 5. The maximum absolute atomic E-state index is 4.71. The Kier molecular flexibility index (Phi) is 7.03. The average molecular weight is 462 g/mol. The molecular weight excluding hydrogens is 430 g/mol. The van der Waals surface area contributed by atoms with E-state index in [2.05, 4.69) is 95.2 Å². The van der Waals surface area contributed by atoms with Crippen LogP contribution in [-0.2, 0) is 0 Å². The second kappa shape index (κ2) is 10.3. The Morgan fingerprint density at radius 2 is 1.77 bits per heavy atom. The van der Waals surface area contributed by atoms with Gasteiger partial charge in [0.05, 0.1) is 28.1 Å². The maximum atomic E-state index is 4.71. The van der Waals surface area contributed by atoms with Gasteiger partial charge in [-0.15, -0.1) is 12.5 Å². The maximum Gasteiger partial charge on any atom is 0.0960 e. The van der Waals surface area contributed by atoms with Crippen LogP contribution in [-0.4, -0.2) is 35.2 Å². The molecule has 176 valence electrons. The van der Waals surface area contributed by atoms with Crippen LogP contribution in [0.25, 0.3) is 22.8 Å². The lowest BCUT2D eigenvalue weighted by atomic mass is 10.1. The second-order valence-electron chi connectivity index (χ2n) is 8.48. The van der Waals surface area contributed by atoms with Gasteiger partial charge in [0.1, 0.15) is 0 Å². The molecule has 35 heavy (non-hydrogen) atoms. The standard InChI is InChI=1S/C30H31N5/c1-7-9-10-13-27-23(4)35(29-15-12-17-32-30(27)29)26-20-24(33(5)18-8-2)19-25(21-26)34(6)28-14-11-16-31-22(28)3/h8,10-17,19-21H,2,18H2,1,3-6H3/b13-10-. The molecule has 0 unspecified atom stereocenters. The molecule has 4 rings (SSSR count). The predicted octanol–water partition coefficient (Wildman–Crippen LogP) is 6.46. The molecule has 0 amide bonds. The van der Waals surface area contributed by atoms with Gasteiger partial charge >= 0.3 is 0 Å². The minimum Gasteiger partial charge on any atom is -0.371 e. The van der Waals surface area contributed by atoms with Crippen LogP contribution in [0.5, 0.6) is 0 Å². The molecule has 1 aromatic carbocycles. The van der Waals surface area contributed by atoms with E-state index in [1.54, 1.807) is 0 Å². The molecule has 0 spiro atoms. The Bertz CT molecular complexity index is 1470. The Hall–Kier alpha value is -4.30. The zero-order valence-corrected chi connectivity index (χ0v) is 21.1. The molecule has 3 heterocycles. The van der Waals surface area contributed by atoms with E-state index in [0.717, 1.165) is 57.3 Å². The van der Waals surface area contributed by atoms with Gasteiger partial charge in [0.15, 0.2) is 0 Å². The summed E-state index contributed by atoms with van der Waals surface area (Å²) < 4.78 is 2.28. The van der Waals surface area contributed by atoms with Gasteiger partial charge in [0, 0.05) is 55.7 Å². The first-order chi connectivity index (χ1) is 17.0. The Morgan fingerprint density at radius 1 is 1.03 bits per heavy atom. The van der Waals surface area contributed by atoms with E-state index >= 15 is 0 Å². The van der Waals surface area contributed by atoms with Crippen molar-refractivity contribution < 1.29 is 0 Å². The van der Waals surface area contributed by atoms with Gasteiger partial charge in [-0.05, 0) is 75.4 Å². The van der Waals surface area contributed by atoms with Gasteiger partial charge in [-0.1, -0.05) is 12.0 Å². The number of hydrogen-bond donors (Lipinski definition) is 0. The van der Waals surface area contributed by atoms with E-state index in [1.165, 1.54) is 0 Å². The van der Waals surface area contributed by atoms with Crippen molar-refractivity contribution in [3.63, 3.8) is 0 Å². The van der Waals surface area contributed by atoms with Crippen LogP contribution >= 0.6 is 0 Å². The monoisotopic (exact) mass is 461 g/mol. The molecule has 0 aliphatic carbocycles. The lowest BCUT2D eigenvalue weighted by Crippen LogP contribution is -2.18. The Labute approximate surface area is 208 Å². The Balaban J connectivity index is 1.96. The van der Waals surface area contributed by atoms with Gasteiger partial charge in [0.25, 0.3) is 0 Å². The summed E-state index contributed by atoms with van der Waals surface area (Å²) in [4.78, 5) is 13.6. The summed E-state index contributed by atoms with van der Waals surface area (Å²) in [6.45, 7) is 10.7. The van der Waals surface area contributed by atoms with Crippen molar-refractivity contribution in [2.24, 2.45) is 0 Å². The fraction of sp³-hybridized carbons (Fsp3) is 0.200. The van der Waals surface area contributed by atoms with Crippen LogP contribution in [0.3, 0.4) is 0 Å². The summed E-state index contributed by atoms with van der Waals surface area (Å²) in [6.07, 6.45) is 9.52. The summed E-state index contributed by atoms with van der Waals surface area (Å²) in [5, 5.41) is 0. The minimum absolute atomic E-state index is 0.745. The third-order valence-corrected chi connectivity index (χ3v) is 6.20. The lowest BCUT2D eigenvalue weighted by molar-refractivity contribution is 1.01. The van der Waals surface area contributed by atoms with E-state index in [-0.39, 0.29) is 0 Å². The van der Waals surface area contributed by atoms with E-state index in [1.807, 2.05) is 50.5 Å². The molecule has 0 atom stereocenters. The zero-order chi connectivity index (χ0) is 24.9. The molecule has 5 nitrogen and oxygen atoms in total. The third kappa shape index (κ3) is 4.69. The van der Waals surface area contributed by atoms with Crippen molar-refractivity contribution >= 4 is 34.2 Å². The highest BCUT2D eigenvalue weighted by molar-refractivity contribution is 5.90. The number of benzene rings is 1. The molecule has 0 radical (unpaired) electrons. The smallest absolute Gasteiger partial charge is 0.0960 e. The molecule has 0 fully saturated rings. The Morgan fingerprint density at radius 3 is 2.51 bits per heavy atom. The third-order valence-electron chi connectivity index (χ3n) is 6.20. The van der Waals surface area contributed by atoms with Gasteiger partial charge in [-0.3, -0.25) is 9.97 Å². The molecule has 5 heteroatoms. The SMILES string of the molecule is C=CCN(C)c1cc(N(C)c2cccnc2C)cc(-n2c(C)c(/C=C\C#CC)c3ncccc32)c1. The molecule has 4 aromatic rings. The number of hydrogen-bond acceptors (Lipinski definition) is 4. The van der Waals surface area contributed by atoms with Crippen molar-refractivity contribution in [1.82, 2.24) is 14.5 Å². The summed E-state index contributed by atoms with van der Waals surface area (Å²) >= 11 is 0. The number of aromatic nitrogens is 3. The molecular formula is C30H31N5. The number of aryl methyl sites for hydroxylation is 1. The predicted molar refractivity (Wildman–Crippen MR) is 149 cm³/mol. The van der Waals surface area contributed by atoms with Crippen LogP contribution in [0.4, 0.5) is 17.1 Å². The summed E-state index contributed by atoms with van der Waals surface area (Å²) in [7, 11) is 4.17. The van der Waals surface area contributed by atoms with Crippen LogP contribution in [0.15, 0.2) is 73.6 Å². The summed E-state index contributed by atoms with van der Waals surface area (Å²) in [6, 6.07) is 14.8. The van der Waals surface area contributed by atoms with Crippen LogP contribution in [0.1, 0.15) is 23.9 Å². The van der Waals surface area contributed by atoms with Crippen molar-refractivity contribution in [3.8, 4) is 17.5 Å². The highest BCUT2D eigenvalue weighted by Crippen LogP contribution is 2.35. The molecule has 0 N–H and O–H groups in total. The van der Waals surface area contributed by atoms with Gasteiger partial charge in [-0.2, -0.15) is 0 Å². The van der Waals surface area contributed by atoms with Crippen molar-refractivity contribution in [1.29, 1.82) is 0 Å². The number of pyridine rings is 2. The molecule has 0 saturated carbocycles. The number of anilines is 3. The number of rotatable bonds is 7. The first-order valence-electron chi connectivity index (χ1n) is 11.6. The first-order valence-corrected chi connectivity index (χ1v) is 11.6. The van der Waals surface area contributed by atoms with Gasteiger partial charge in [0.2, 0.25) is 0 Å². The first kappa shape index (κ1) is 23.8. The second-order valence-corrected chi connectivity index (χ2v) is 8.48. The largest absolute Gasteiger partial charge is 0.371 e. The van der Waals surface area contributed by atoms with Crippen molar-refractivity contribution in [2.45, 2.75) is 20.8 Å². The van der Waals surface area contributed by atoms with E-state index < -0.39 is 0 Å². The van der Waals surface area contributed by atoms with E-state index in [9.17, 15) is 0 Å². The number of allylic oxidation sites excluding steroid dienone is 1. The topological polar surface area (TPSA) is 37.2 Å². The zero-order valence-electron chi connectivity index (χ0n) is 21.1. The fourth-order valence-electron chi connectivity index (χ4n) is 4.39. The van der Waals surface area contributed by atoms with Gasteiger partial charge in [-0.25, -0.2) is 0 Å². The molecule has 0 saturated heterocycles. The lowest BCUT2D eigenvalue weighted by Gasteiger charge is -2.26. The quantitative estimate of drug-likeness (QED) is 0.234. The highest BCUT2D eigenvalue weighted by atomic mass is 15.1. The molecule has 0 aliphatic heterocycles. The van der Waals surface area contributed by atoms with Crippen molar-refractivity contribution in [2.75, 3.05) is 30.4 Å². The molecule has 0 bridgehead atoms. The molecule has 3 aromatic heterocycles. The average Bonchev–Trinajstić information content (AvgIpc) is 3.15. The van der Waals surface area contributed by atoms with E-state index in [0.29, 0.717) is 0 Å². The normalized spacial score (nSPS) is 10.9. The van der Waals surface area contributed by atoms with Crippen molar-refractivity contribution in [3.05, 3.63) is 90.5 Å². The van der Waals surface area contributed by atoms with Crippen LogP contribution in [0, 0.1) is 25.7 Å². The van der Waals surface area contributed by atoms with Crippen LogP contribution in [0.2, 0.25) is 0 Å². The van der Waals surface area contributed by atoms with Crippen LogP contribution < -0.4 is 9.80 Å². The number of likely N-dealkylation sites (N-methyl/N-ethyl adjacent to an activating group) is 1. The summed E-state index contributed by atoms with van der Waals surface area (Å²) in [5.74, 6) is 5.95. The number of fused-ring (bicyclic) bond motifs is 1. The fourth-order valence-corrected chi connectivity index (χ4v) is 4.39. The molecule has 0 aliphatic rings. The van der Waals surface area contributed by atoms with Gasteiger partial charge < -0.3 is 14.4 Å². The van der Waals surface area contributed by atoms with E-state index in [4.69, 9.17) is 4.98 Å². The minimum atomic E-state index is 0.745. The summed E-state index contributed by atoms with van der Waals surface area (Å²) in [5.41, 5.74) is 9.50.